The average molecular weight is 178 g/mol. The van der Waals surface area contributed by atoms with Crippen LogP contribution in [0.5, 0.6) is 0 Å². The number of rotatable bonds is 2. The first-order valence-electron chi connectivity index (χ1n) is 4.67. The third-order valence-electron chi connectivity index (χ3n) is 1.83. The van der Waals surface area contributed by atoms with Gasteiger partial charge in [-0.1, -0.05) is 6.07 Å². The molecule has 72 valence electrons. The van der Waals surface area contributed by atoms with Crippen LogP contribution < -0.4 is 5.32 Å². The summed E-state index contributed by atoms with van der Waals surface area (Å²) in [5.41, 5.74) is 1.38. The van der Waals surface area contributed by atoms with Crippen molar-refractivity contribution in [2.75, 3.05) is 0 Å². The topological polar surface area (TPSA) is 24.9 Å². The molecule has 0 aliphatic carbocycles. The van der Waals surface area contributed by atoms with Gasteiger partial charge in [0.1, 0.15) is 0 Å². The van der Waals surface area contributed by atoms with Crippen molar-refractivity contribution in [2.24, 2.45) is 0 Å². The van der Waals surface area contributed by atoms with E-state index in [0.29, 0.717) is 6.04 Å². The Hall–Kier alpha value is -0.890. The molecule has 0 unspecified atom stereocenters. The molecule has 2 nitrogen and oxygen atoms in total. The van der Waals surface area contributed by atoms with Crippen molar-refractivity contribution in [3.05, 3.63) is 30.1 Å². The first kappa shape index (κ1) is 10.2. The standard InChI is InChI=1S/C11H18N2/c1-9(13-11(2,3)4)10-6-5-7-12-8-10/h5-9,13H,1-4H3/t9-/m1/s1. The van der Waals surface area contributed by atoms with Gasteiger partial charge in [-0.25, -0.2) is 0 Å². The zero-order valence-electron chi connectivity index (χ0n) is 8.83. The highest BCUT2D eigenvalue weighted by atomic mass is 15.0. The molecule has 0 aliphatic rings. The minimum absolute atomic E-state index is 0.148. The van der Waals surface area contributed by atoms with Gasteiger partial charge >= 0.3 is 0 Å². The van der Waals surface area contributed by atoms with Crippen molar-refractivity contribution in [3.63, 3.8) is 0 Å². The second kappa shape index (κ2) is 3.88. The fourth-order valence-corrected chi connectivity index (χ4v) is 1.36. The Morgan fingerprint density at radius 3 is 2.54 bits per heavy atom. The quantitative estimate of drug-likeness (QED) is 0.752. The Balaban J connectivity index is 2.64. The maximum Gasteiger partial charge on any atom is 0.0315 e. The first-order chi connectivity index (χ1) is 5.99. The lowest BCUT2D eigenvalue weighted by Crippen LogP contribution is -2.37. The molecule has 1 atom stereocenters. The molecule has 1 N–H and O–H groups in total. The molecule has 2 heteroatoms. The van der Waals surface area contributed by atoms with Crippen molar-refractivity contribution in [1.29, 1.82) is 0 Å². The smallest absolute Gasteiger partial charge is 0.0315 e. The largest absolute Gasteiger partial charge is 0.305 e. The minimum Gasteiger partial charge on any atom is -0.305 e. The first-order valence-corrected chi connectivity index (χ1v) is 4.67. The summed E-state index contributed by atoms with van der Waals surface area (Å²) in [5, 5.41) is 3.50. The molecule has 1 rings (SSSR count). The third kappa shape index (κ3) is 3.55. The normalized spacial score (nSPS) is 14.2. The molecular formula is C11H18N2. The van der Waals surface area contributed by atoms with Gasteiger partial charge in [0.25, 0.3) is 0 Å². The number of nitrogens with one attached hydrogen (secondary N) is 1. The molecular weight excluding hydrogens is 160 g/mol. The zero-order chi connectivity index (χ0) is 9.90. The number of hydrogen-bond donors (Lipinski definition) is 1. The molecule has 0 bridgehead atoms. The third-order valence-corrected chi connectivity index (χ3v) is 1.83. The van der Waals surface area contributed by atoms with Crippen molar-refractivity contribution >= 4 is 0 Å². The SMILES string of the molecule is C[C@@H](NC(C)(C)C)c1cccnc1. The fraction of sp³-hybridized carbons (Fsp3) is 0.545. The minimum atomic E-state index is 0.148. The van der Waals surface area contributed by atoms with E-state index in [1.165, 1.54) is 5.56 Å². The molecule has 13 heavy (non-hydrogen) atoms. The lowest BCUT2D eigenvalue weighted by Gasteiger charge is -2.26. The summed E-state index contributed by atoms with van der Waals surface area (Å²) in [7, 11) is 0. The van der Waals surface area contributed by atoms with Crippen LogP contribution in [0, 0.1) is 0 Å². The van der Waals surface area contributed by atoms with E-state index in [0.717, 1.165) is 0 Å². The van der Waals surface area contributed by atoms with Gasteiger partial charge in [0.05, 0.1) is 0 Å². The molecule has 0 aliphatic heterocycles. The van der Waals surface area contributed by atoms with Gasteiger partial charge in [-0.2, -0.15) is 0 Å². The van der Waals surface area contributed by atoms with E-state index in [-0.39, 0.29) is 5.54 Å². The van der Waals surface area contributed by atoms with Crippen molar-refractivity contribution in [1.82, 2.24) is 10.3 Å². The van der Waals surface area contributed by atoms with Crippen LogP contribution in [0.1, 0.15) is 39.3 Å². The molecule has 0 fully saturated rings. The monoisotopic (exact) mass is 178 g/mol. The van der Waals surface area contributed by atoms with E-state index in [1.807, 2.05) is 12.3 Å². The zero-order valence-corrected chi connectivity index (χ0v) is 8.83. The summed E-state index contributed by atoms with van der Waals surface area (Å²) in [4.78, 5) is 4.10. The Morgan fingerprint density at radius 1 is 1.38 bits per heavy atom. The molecule has 1 aromatic heterocycles. The van der Waals surface area contributed by atoms with Crippen LogP contribution in [-0.2, 0) is 0 Å². The highest BCUT2D eigenvalue weighted by Gasteiger charge is 2.14. The van der Waals surface area contributed by atoms with Gasteiger partial charge < -0.3 is 5.32 Å². The summed E-state index contributed by atoms with van der Waals surface area (Å²) >= 11 is 0. The summed E-state index contributed by atoms with van der Waals surface area (Å²) in [6, 6.07) is 4.42. The summed E-state index contributed by atoms with van der Waals surface area (Å²) in [6.45, 7) is 8.65. The van der Waals surface area contributed by atoms with Gasteiger partial charge in [0.2, 0.25) is 0 Å². The van der Waals surface area contributed by atoms with E-state index in [2.05, 4.69) is 44.1 Å². The van der Waals surface area contributed by atoms with Crippen LogP contribution in [0.4, 0.5) is 0 Å². The molecule has 0 spiro atoms. The fourth-order valence-electron chi connectivity index (χ4n) is 1.36. The Morgan fingerprint density at radius 2 is 2.08 bits per heavy atom. The number of nitrogens with zero attached hydrogens (tertiary/aromatic N) is 1. The predicted molar refractivity (Wildman–Crippen MR) is 55.5 cm³/mol. The molecule has 0 radical (unpaired) electrons. The molecule has 0 aromatic carbocycles. The highest BCUT2D eigenvalue weighted by molar-refractivity contribution is 5.13. The van der Waals surface area contributed by atoms with Crippen LogP contribution in [0.15, 0.2) is 24.5 Å². The van der Waals surface area contributed by atoms with Crippen molar-refractivity contribution in [3.8, 4) is 0 Å². The van der Waals surface area contributed by atoms with E-state index in [4.69, 9.17) is 0 Å². The van der Waals surface area contributed by atoms with Crippen LogP contribution >= 0.6 is 0 Å². The lowest BCUT2D eigenvalue weighted by atomic mass is 10.0. The van der Waals surface area contributed by atoms with Crippen LogP contribution in [0.3, 0.4) is 0 Å². The number of hydrogen-bond acceptors (Lipinski definition) is 2. The maximum atomic E-state index is 4.10. The van der Waals surface area contributed by atoms with Gasteiger partial charge in [-0.05, 0) is 39.3 Å². The lowest BCUT2D eigenvalue weighted by molar-refractivity contribution is 0.378. The van der Waals surface area contributed by atoms with E-state index in [1.54, 1.807) is 6.20 Å². The molecule has 0 saturated carbocycles. The van der Waals surface area contributed by atoms with Crippen LogP contribution in [0.25, 0.3) is 0 Å². The second-order valence-electron chi connectivity index (χ2n) is 4.40. The average Bonchev–Trinajstić information content (AvgIpc) is 2.03. The summed E-state index contributed by atoms with van der Waals surface area (Å²) in [6.07, 6.45) is 3.71. The molecule has 0 saturated heterocycles. The highest BCUT2D eigenvalue weighted by Crippen LogP contribution is 2.14. The van der Waals surface area contributed by atoms with E-state index < -0.39 is 0 Å². The Labute approximate surface area is 80.4 Å². The van der Waals surface area contributed by atoms with E-state index >= 15 is 0 Å². The van der Waals surface area contributed by atoms with E-state index in [9.17, 15) is 0 Å². The molecule has 1 heterocycles. The Bertz CT molecular complexity index is 249. The Kier molecular flexibility index (Phi) is 3.04. The number of pyridine rings is 1. The molecule has 0 amide bonds. The molecule has 1 aromatic rings. The van der Waals surface area contributed by atoms with Crippen LogP contribution in [0.2, 0.25) is 0 Å². The summed E-state index contributed by atoms with van der Waals surface area (Å²) < 4.78 is 0. The number of aromatic nitrogens is 1. The van der Waals surface area contributed by atoms with Crippen molar-refractivity contribution < 1.29 is 0 Å². The second-order valence-corrected chi connectivity index (χ2v) is 4.40. The van der Waals surface area contributed by atoms with Crippen molar-refractivity contribution in [2.45, 2.75) is 39.3 Å². The predicted octanol–water partition coefficient (Wildman–Crippen LogP) is 2.53. The summed E-state index contributed by atoms with van der Waals surface area (Å²) in [5.74, 6) is 0. The van der Waals surface area contributed by atoms with Gasteiger partial charge in [-0.3, -0.25) is 4.98 Å². The van der Waals surface area contributed by atoms with Crippen LogP contribution in [-0.4, -0.2) is 10.5 Å². The van der Waals surface area contributed by atoms with Gasteiger partial charge in [0.15, 0.2) is 0 Å². The maximum absolute atomic E-state index is 4.10. The van der Waals surface area contributed by atoms with Gasteiger partial charge in [0, 0.05) is 24.0 Å². The van der Waals surface area contributed by atoms with Gasteiger partial charge in [-0.15, -0.1) is 0 Å².